The molecule has 0 aliphatic carbocycles. The molecule has 0 spiro atoms. The third-order valence-corrected chi connectivity index (χ3v) is 5.02. The van der Waals surface area contributed by atoms with Crippen LogP contribution in [0.2, 0.25) is 0 Å². The molecule has 0 atom stereocenters. The largest absolute Gasteiger partial charge is 0.444 e. The Morgan fingerprint density at radius 3 is 2.55 bits per heavy atom. The van der Waals surface area contributed by atoms with Crippen LogP contribution in [0.3, 0.4) is 0 Å². The van der Waals surface area contributed by atoms with E-state index in [1.165, 1.54) is 11.1 Å². The molecule has 4 nitrogen and oxygen atoms in total. The molecule has 0 unspecified atom stereocenters. The average Bonchev–Trinajstić information content (AvgIpc) is 2.75. The van der Waals surface area contributed by atoms with Crippen molar-refractivity contribution in [2.75, 3.05) is 5.32 Å². The van der Waals surface area contributed by atoms with Gasteiger partial charge in [-0.3, -0.25) is 4.98 Å². The van der Waals surface area contributed by atoms with Crippen molar-refractivity contribution in [3.05, 3.63) is 113 Å². The van der Waals surface area contributed by atoms with Crippen LogP contribution in [0.5, 0.6) is 5.88 Å². The molecule has 2 aromatic heterocycles. The van der Waals surface area contributed by atoms with Crippen LogP contribution in [0, 0.1) is 13.8 Å². The predicted octanol–water partition coefficient (Wildman–Crippen LogP) is 6.65. The van der Waals surface area contributed by atoms with Gasteiger partial charge < -0.3 is 10.1 Å². The van der Waals surface area contributed by atoms with E-state index >= 15 is 0 Å². The molecule has 1 aromatic carbocycles. The number of allylic oxidation sites excluding steroid dienone is 5. The van der Waals surface area contributed by atoms with Gasteiger partial charge in [-0.25, -0.2) is 4.98 Å². The molecule has 0 aliphatic heterocycles. The zero-order valence-electron chi connectivity index (χ0n) is 18.6. The number of aromatic nitrogens is 2. The highest BCUT2D eigenvalue weighted by atomic mass is 16.5. The van der Waals surface area contributed by atoms with Gasteiger partial charge in [-0.05, 0) is 73.7 Å². The van der Waals surface area contributed by atoms with Gasteiger partial charge in [0.2, 0.25) is 5.88 Å². The Kier molecular flexibility index (Phi) is 7.39. The highest BCUT2D eigenvalue weighted by Crippen LogP contribution is 2.25. The number of nitrogens with one attached hydrogen (secondary N) is 1. The van der Waals surface area contributed by atoms with Crippen LogP contribution in [0.15, 0.2) is 91.0 Å². The SMILES string of the molecule is C=C/C(=C(C)\C=C(/C)Oc1ccc(NCc2cccnc2)c(C)n1)c1ccccc1C. The van der Waals surface area contributed by atoms with Gasteiger partial charge in [-0.1, -0.05) is 43.0 Å². The standard InChI is InChI=1S/C27H29N3O/c1-6-24(25-12-8-7-10-19(25)2)20(3)16-21(4)31-27-14-13-26(22(5)30-27)29-18-23-11-9-15-28-17-23/h6-17,29H,1,18H2,2-5H3/b21-16+,24-20+. The Labute approximate surface area is 185 Å². The van der Waals surface area contributed by atoms with Crippen molar-refractivity contribution in [2.24, 2.45) is 0 Å². The maximum absolute atomic E-state index is 5.99. The first-order valence-electron chi connectivity index (χ1n) is 10.3. The maximum Gasteiger partial charge on any atom is 0.219 e. The molecule has 0 aliphatic rings. The second-order valence-electron chi connectivity index (χ2n) is 7.47. The van der Waals surface area contributed by atoms with E-state index in [1.807, 2.05) is 68.6 Å². The summed E-state index contributed by atoms with van der Waals surface area (Å²) in [7, 11) is 0. The van der Waals surface area contributed by atoms with Crippen molar-refractivity contribution >= 4 is 11.3 Å². The molecule has 31 heavy (non-hydrogen) atoms. The quantitative estimate of drug-likeness (QED) is 0.333. The Morgan fingerprint density at radius 2 is 1.87 bits per heavy atom. The van der Waals surface area contributed by atoms with Gasteiger partial charge in [0.05, 0.1) is 11.4 Å². The number of nitrogens with zero attached hydrogens (tertiary/aromatic N) is 2. The topological polar surface area (TPSA) is 47.0 Å². The fraction of sp³-hybridized carbons (Fsp3) is 0.185. The van der Waals surface area contributed by atoms with E-state index in [1.54, 1.807) is 6.20 Å². The minimum atomic E-state index is 0.571. The van der Waals surface area contributed by atoms with E-state index in [0.717, 1.165) is 33.9 Å². The van der Waals surface area contributed by atoms with E-state index in [2.05, 4.69) is 47.8 Å². The lowest BCUT2D eigenvalue weighted by atomic mass is 9.96. The average molecular weight is 412 g/mol. The number of rotatable bonds is 8. The van der Waals surface area contributed by atoms with Gasteiger partial charge in [0.25, 0.3) is 0 Å². The summed E-state index contributed by atoms with van der Waals surface area (Å²) in [5.41, 5.74) is 7.56. The Hall–Kier alpha value is -3.66. The van der Waals surface area contributed by atoms with Crippen molar-refractivity contribution in [2.45, 2.75) is 34.2 Å². The molecule has 0 bridgehead atoms. The second kappa shape index (κ2) is 10.4. The number of hydrogen-bond donors (Lipinski definition) is 1. The first-order chi connectivity index (χ1) is 15.0. The third-order valence-electron chi connectivity index (χ3n) is 5.02. The summed E-state index contributed by atoms with van der Waals surface area (Å²) in [6.45, 7) is 12.8. The van der Waals surface area contributed by atoms with E-state index in [-0.39, 0.29) is 0 Å². The second-order valence-corrected chi connectivity index (χ2v) is 7.47. The smallest absolute Gasteiger partial charge is 0.219 e. The molecule has 3 aromatic rings. The van der Waals surface area contributed by atoms with Crippen LogP contribution in [-0.4, -0.2) is 9.97 Å². The van der Waals surface area contributed by atoms with E-state index in [4.69, 9.17) is 4.74 Å². The van der Waals surface area contributed by atoms with Crippen LogP contribution in [0.25, 0.3) is 5.57 Å². The molecular formula is C27H29N3O. The van der Waals surface area contributed by atoms with Crippen LogP contribution in [-0.2, 0) is 6.54 Å². The minimum absolute atomic E-state index is 0.571. The number of hydrogen-bond acceptors (Lipinski definition) is 4. The lowest BCUT2D eigenvalue weighted by Crippen LogP contribution is -2.03. The molecular weight excluding hydrogens is 382 g/mol. The van der Waals surface area contributed by atoms with E-state index in [9.17, 15) is 0 Å². The molecule has 2 heterocycles. The molecule has 0 radical (unpaired) electrons. The summed E-state index contributed by atoms with van der Waals surface area (Å²) in [5, 5.41) is 3.40. The number of anilines is 1. The van der Waals surface area contributed by atoms with Crippen molar-refractivity contribution in [3.8, 4) is 5.88 Å². The number of aryl methyl sites for hydroxylation is 2. The van der Waals surface area contributed by atoms with E-state index in [0.29, 0.717) is 12.4 Å². The van der Waals surface area contributed by atoms with Gasteiger partial charge >= 0.3 is 0 Å². The number of benzene rings is 1. The Bertz CT molecular complexity index is 1110. The summed E-state index contributed by atoms with van der Waals surface area (Å²) in [6.07, 6.45) is 7.54. The zero-order valence-corrected chi connectivity index (χ0v) is 18.6. The van der Waals surface area contributed by atoms with E-state index < -0.39 is 0 Å². The van der Waals surface area contributed by atoms with Crippen molar-refractivity contribution < 1.29 is 4.74 Å². The molecule has 0 fully saturated rings. The first-order valence-corrected chi connectivity index (χ1v) is 10.3. The Morgan fingerprint density at radius 1 is 1.06 bits per heavy atom. The molecule has 158 valence electrons. The third kappa shape index (κ3) is 5.92. The molecule has 4 heteroatoms. The van der Waals surface area contributed by atoms with Gasteiger partial charge in [0.1, 0.15) is 5.76 Å². The van der Waals surface area contributed by atoms with Crippen molar-refractivity contribution in [3.63, 3.8) is 0 Å². The maximum atomic E-state index is 5.99. The number of pyridine rings is 2. The van der Waals surface area contributed by atoms with Gasteiger partial charge in [-0.15, -0.1) is 0 Å². The molecule has 3 rings (SSSR count). The van der Waals surface area contributed by atoms with Crippen LogP contribution >= 0.6 is 0 Å². The summed E-state index contributed by atoms with van der Waals surface area (Å²) in [5.74, 6) is 1.34. The van der Waals surface area contributed by atoms with Gasteiger partial charge in [-0.2, -0.15) is 0 Å². The molecule has 1 N–H and O–H groups in total. The minimum Gasteiger partial charge on any atom is -0.444 e. The Balaban J connectivity index is 1.72. The van der Waals surface area contributed by atoms with Crippen LogP contribution in [0.4, 0.5) is 5.69 Å². The van der Waals surface area contributed by atoms with Crippen molar-refractivity contribution in [1.29, 1.82) is 0 Å². The highest BCUT2D eigenvalue weighted by Gasteiger charge is 2.07. The molecule has 0 saturated carbocycles. The summed E-state index contributed by atoms with van der Waals surface area (Å²) in [6, 6.07) is 16.2. The predicted molar refractivity (Wildman–Crippen MR) is 129 cm³/mol. The lowest BCUT2D eigenvalue weighted by Gasteiger charge is -2.12. The van der Waals surface area contributed by atoms with Crippen LogP contribution in [0.1, 0.15) is 36.2 Å². The summed E-state index contributed by atoms with van der Waals surface area (Å²) in [4.78, 5) is 8.73. The fourth-order valence-corrected chi connectivity index (χ4v) is 3.42. The van der Waals surface area contributed by atoms with Crippen molar-refractivity contribution in [1.82, 2.24) is 9.97 Å². The van der Waals surface area contributed by atoms with Gasteiger partial charge in [0, 0.05) is 25.0 Å². The highest BCUT2D eigenvalue weighted by molar-refractivity contribution is 5.79. The fourth-order valence-electron chi connectivity index (χ4n) is 3.42. The van der Waals surface area contributed by atoms with Crippen LogP contribution < -0.4 is 10.1 Å². The normalized spacial score (nSPS) is 12.2. The molecule has 0 amide bonds. The first kappa shape index (κ1) is 22.0. The molecule has 0 saturated heterocycles. The number of ether oxygens (including phenoxy) is 1. The summed E-state index contributed by atoms with van der Waals surface area (Å²) < 4.78 is 5.99. The monoisotopic (exact) mass is 411 g/mol. The zero-order chi connectivity index (χ0) is 22.2. The lowest BCUT2D eigenvalue weighted by molar-refractivity contribution is 0.410. The van der Waals surface area contributed by atoms with Gasteiger partial charge in [0.15, 0.2) is 0 Å². The summed E-state index contributed by atoms with van der Waals surface area (Å²) >= 11 is 0.